The smallest absolute Gasteiger partial charge is 0.436 e. The van der Waals surface area contributed by atoms with Gasteiger partial charge in [0.25, 0.3) is 0 Å². The maximum absolute atomic E-state index is 13.0. The van der Waals surface area contributed by atoms with Crippen molar-refractivity contribution in [2.45, 2.75) is 19.0 Å². The van der Waals surface area contributed by atoms with Crippen LogP contribution in [0.15, 0.2) is 142 Å². The molecule has 3 heterocycles. The zero-order chi connectivity index (χ0) is 39.9. The lowest BCUT2D eigenvalue weighted by molar-refractivity contribution is -0.167. The Balaban J connectivity index is 0.000000158. The zero-order valence-corrected chi connectivity index (χ0v) is 31.3. The van der Waals surface area contributed by atoms with Gasteiger partial charge in [0.2, 0.25) is 11.8 Å². The topological polar surface area (TPSA) is 90.4 Å². The maximum atomic E-state index is 13.0. The van der Waals surface area contributed by atoms with Crippen molar-refractivity contribution in [3.8, 4) is 45.2 Å². The van der Waals surface area contributed by atoms with Crippen LogP contribution in [0.3, 0.4) is 0 Å². The van der Waals surface area contributed by atoms with Crippen LogP contribution in [0.2, 0.25) is 10.0 Å². The van der Waals surface area contributed by atoms with Gasteiger partial charge in [-0.15, -0.1) is 0 Å². The van der Waals surface area contributed by atoms with Crippen molar-refractivity contribution in [3.05, 3.63) is 149 Å². The summed E-state index contributed by atoms with van der Waals surface area (Å²) in [7, 11) is 0. The molecule has 1 aliphatic heterocycles. The third-order valence-electron chi connectivity index (χ3n) is 8.70. The first-order valence-electron chi connectivity index (χ1n) is 17.6. The predicted molar refractivity (Wildman–Crippen MR) is 214 cm³/mol. The second-order valence-corrected chi connectivity index (χ2v) is 13.6. The third kappa shape index (κ3) is 10.1. The van der Waals surface area contributed by atoms with Gasteiger partial charge < -0.3 is 18.9 Å². The number of anilines is 1. The van der Waals surface area contributed by atoms with Gasteiger partial charge in [0.1, 0.15) is 16.9 Å². The summed E-state index contributed by atoms with van der Waals surface area (Å²) in [5.41, 5.74) is 8.04. The number of nitrogens with one attached hydrogen (secondary N) is 1. The number of amides is 1. The summed E-state index contributed by atoms with van der Waals surface area (Å²) in [5.74, 6) is -1.24. The van der Waals surface area contributed by atoms with Crippen molar-refractivity contribution in [2.75, 3.05) is 18.5 Å². The summed E-state index contributed by atoms with van der Waals surface area (Å²) >= 11 is 11.9. The van der Waals surface area contributed by atoms with E-state index in [1.807, 2.05) is 59.9 Å². The highest BCUT2D eigenvalue weighted by atomic mass is 35.5. The number of hydrogen-bond donors (Lipinski definition) is 1. The molecule has 1 aliphatic rings. The molecule has 7 nitrogen and oxygen atoms in total. The van der Waals surface area contributed by atoms with Crippen LogP contribution in [0.5, 0.6) is 0 Å². The number of oxazole rings is 2. The van der Waals surface area contributed by atoms with E-state index in [-0.39, 0.29) is 11.5 Å². The second-order valence-electron chi connectivity index (χ2n) is 12.8. The van der Waals surface area contributed by atoms with E-state index in [1.165, 1.54) is 37.1 Å². The molecule has 1 fully saturated rings. The molecular weight excluding hydrogens is 781 g/mol. The van der Waals surface area contributed by atoms with E-state index >= 15 is 0 Å². The summed E-state index contributed by atoms with van der Waals surface area (Å²) in [6.45, 7) is 2.00. The number of carbonyl (C=O) groups is 1. The first kappa shape index (κ1) is 39.2. The van der Waals surface area contributed by atoms with Crippen molar-refractivity contribution in [1.29, 1.82) is 0 Å². The fourth-order valence-electron chi connectivity index (χ4n) is 5.75. The minimum atomic E-state index is -4.93. The number of halogens is 6. The highest BCUT2D eigenvalue weighted by Crippen LogP contribution is 2.31. The molecule has 0 aliphatic carbocycles. The van der Waals surface area contributed by atoms with Gasteiger partial charge in [0.15, 0.2) is 11.2 Å². The average Bonchev–Trinajstić information content (AvgIpc) is 4.01. The van der Waals surface area contributed by atoms with Crippen molar-refractivity contribution >= 4 is 57.0 Å². The van der Waals surface area contributed by atoms with E-state index in [1.54, 1.807) is 54.6 Å². The molecule has 0 unspecified atom stereocenters. The van der Waals surface area contributed by atoms with Crippen molar-refractivity contribution in [3.63, 3.8) is 0 Å². The van der Waals surface area contributed by atoms with Crippen LogP contribution in [0.4, 0.5) is 23.2 Å². The highest BCUT2D eigenvalue weighted by Gasteiger charge is 2.38. The minimum absolute atomic E-state index is 0.0674. The van der Waals surface area contributed by atoms with Gasteiger partial charge in [-0.3, -0.25) is 4.79 Å². The Hall–Kier alpha value is -6.01. The van der Waals surface area contributed by atoms with Crippen LogP contribution in [0.1, 0.15) is 12.8 Å². The molecule has 13 heteroatoms. The maximum Gasteiger partial charge on any atom is 0.471 e. The molecule has 0 bridgehead atoms. The fourth-order valence-corrected chi connectivity index (χ4v) is 6.08. The largest absolute Gasteiger partial charge is 0.471 e. The molecule has 9 rings (SSSR count). The van der Waals surface area contributed by atoms with Crippen LogP contribution in [0.25, 0.3) is 67.4 Å². The quantitative estimate of drug-likeness (QED) is 0.174. The van der Waals surface area contributed by atoms with Crippen LogP contribution in [-0.2, 0) is 9.53 Å². The molecule has 0 saturated carbocycles. The number of hydrogen-bond acceptors (Lipinski definition) is 6. The Labute approximate surface area is 333 Å². The molecule has 8 aromatic rings. The van der Waals surface area contributed by atoms with Crippen molar-refractivity contribution < 1.29 is 35.9 Å². The number of ether oxygens (including phenoxy) is 1. The van der Waals surface area contributed by atoms with E-state index in [2.05, 4.69) is 9.97 Å². The molecule has 1 N–H and O–H groups in total. The van der Waals surface area contributed by atoms with Gasteiger partial charge in [-0.1, -0.05) is 71.7 Å². The van der Waals surface area contributed by atoms with Crippen molar-refractivity contribution in [2.24, 2.45) is 0 Å². The molecule has 2 aromatic heterocycles. The lowest BCUT2D eigenvalue weighted by Crippen LogP contribution is -2.29. The van der Waals surface area contributed by atoms with Crippen LogP contribution >= 0.6 is 23.2 Å². The summed E-state index contributed by atoms with van der Waals surface area (Å²) in [5, 5.41) is 2.99. The standard InChI is InChI=1S/C21H12ClF3N2O2.C19H11ClFNO.C4H8O/c22-15-7-10-17-18(11-15)29-19(27-17)14-3-1-12(2-4-14)13-5-8-16(9-6-13)26-20(28)21(23,24)25;20-15-7-10-17-18(11-15)23-19(22-17)14-3-1-12(2-4-14)13-5-8-16(21)9-6-13;1-2-4-5-3-1/h1-11H,(H,26,28);1-11H;1-4H2. The Bertz CT molecular complexity index is 2600. The van der Waals surface area contributed by atoms with Gasteiger partial charge >= 0.3 is 12.1 Å². The van der Waals surface area contributed by atoms with Gasteiger partial charge in [-0.05, 0) is 108 Å². The Morgan fingerprint density at radius 1 is 0.561 bits per heavy atom. The molecular formula is C44H31Cl2F4N3O4. The zero-order valence-electron chi connectivity index (χ0n) is 29.8. The van der Waals surface area contributed by atoms with E-state index in [4.69, 9.17) is 36.8 Å². The van der Waals surface area contributed by atoms with Crippen molar-refractivity contribution in [1.82, 2.24) is 9.97 Å². The first-order valence-corrected chi connectivity index (χ1v) is 18.4. The van der Waals surface area contributed by atoms with E-state index in [0.29, 0.717) is 38.5 Å². The molecule has 288 valence electrons. The van der Waals surface area contributed by atoms with E-state index < -0.39 is 12.1 Å². The highest BCUT2D eigenvalue weighted by molar-refractivity contribution is 6.31. The molecule has 0 atom stereocenters. The lowest BCUT2D eigenvalue weighted by Gasteiger charge is -2.09. The predicted octanol–water partition coefficient (Wildman–Crippen LogP) is 13.1. The molecule has 1 amide bonds. The van der Waals surface area contributed by atoms with Crippen LogP contribution in [-0.4, -0.2) is 35.3 Å². The first-order chi connectivity index (χ1) is 27.5. The number of alkyl halides is 3. The third-order valence-corrected chi connectivity index (χ3v) is 9.17. The molecule has 1 saturated heterocycles. The Morgan fingerprint density at radius 3 is 1.33 bits per heavy atom. The van der Waals surface area contributed by atoms with Gasteiger partial charge in [0.05, 0.1) is 0 Å². The van der Waals surface area contributed by atoms with Crippen LogP contribution < -0.4 is 5.32 Å². The SMILES string of the molecule is C1CCOC1.Fc1ccc(-c2ccc(-c3nc4ccc(Cl)cc4o3)cc2)cc1.O=C(Nc1ccc(-c2ccc(-c3nc4ccc(Cl)cc4o3)cc2)cc1)C(F)(F)F. The lowest BCUT2D eigenvalue weighted by atomic mass is 10.0. The Kier molecular flexibility index (Phi) is 12.0. The monoisotopic (exact) mass is 811 g/mol. The molecule has 0 radical (unpaired) electrons. The Morgan fingerprint density at radius 2 is 0.947 bits per heavy atom. The summed E-state index contributed by atoms with van der Waals surface area (Å²) in [6.07, 6.45) is -2.37. The fraction of sp³-hybridized carbons (Fsp3) is 0.114. The number of rotatable bonds is 5. The average molecular weight is 813 g/mol. The molecule has 57 heavy (non-hydrogen) atoms. The second kappa shape index (κ2) is 17.4. The summed E-state index contributed by atoms with van der Waals surface area (Å²) < 4.78 is 66.4. The molecule has 6 aromatic carbocycles. The summed E-state index contributed by atoms with van der Waals surface area (Å²) in [4.78, 5) is 19.9. The number of aromatic nitrogens is 2. The van der Waals surface area contributed by atoms with E-state index in [9.17, 15) is 22.4 Å². The van der Waals surface area contributed by atoms with Gasteiger partial charge in [-0.2, -0.15) is 13.2 Å². The normalized spacial score (nSPS) is 12.5. The van der Waals surface area contributed by atoms with Gasteiger partial charge in [0, 0.05) is 52.2 Å². The number of benzene rings is 6. The van der Waals surface area contributed by atoms with Gasteiger partial charge in [-0.25, -0.2) is 14.4 Å². The van der Waals surface area contributed by atoms with Crippen LogP contribution in [0, 0.1) is 5.82 Å². The number of fused-ring (bicyclic) bond motifs is 2. The number of carbonyl (C=O) groups excluding carboxylic acids is 1. The summed E-state index contributed by atoms with van der Waals surface area (Å²) in [6, 6.07) is 38.2. The minimum Gasteiger partial charge on any atom is -0.436 e. The number of nitrogens with zero attached hydrogens (tertiary/aromatic N) is 2. The molecule has 0 spiro atoms. The van der Waals surface area contributed by atoms with E-state index in [0.717, 1.165) is 52.1 Å².